The fourth-order valence-electron chi connectivity index (χ4n) is 4.43. The maximum absolute atomic E-state index is 4.84. The van der Waals surface area contributed by atoms with Gasteiger partial charge in [-0.1, -0.05) is 60.7 Å². The number of fused-ring (bicyclic) bond motifs is 6. The maximum Gasteiger partial charge on any atom is 0.117 e. The molecule has 4 aromatic carbocycles. The molecule has 0 aliphatic heterocycles. The van der Waals surface area contributed by atoms with Gasteiger partial charge >= 0.3 is 0 Å². The van der Waals surface area contributed by atoms with Crippen LogP contribution in [-0.4, -0.2) is 9.55 Å². The molecule has 0 saturated heterocycles. The lowest BCUT2D eigenvalue weighted by atomic mass is 10.1. The molecular weight excluding hydrogens is 384 g/mol. The minimum atomic E-state index is 0.971. The minimum absolute atomic E-state index is 0.971. The van der Waals surface area contributed by atoms with E-state index in [-0.39, 0.29) is 0 Å². The molecule has 0 N–H and O–H groups in total. The molecule has 6 rings (SSSR count). The van der Waals surface area contributed by atoms with E-state index >= 15 is 0 Å². The number of hydrogen-bond donors (Lipinski definition) is 0. The number of benzene rings is 4. The van der Waals surface area contributed by atoms with E-state index in [0.717, 1.165) is 17.1 Å². The van der Waals surface area contributed by atoms with Gasteiger partial charge in [-0.15, -0.1) is 11.3 Å². The summed E-state index contributed by atoms with van der Waals surface area (Å²) in [5.74, 6) is 0. The molecule has 0 bridgehead atoms. The Labute approximate surface area is 178 Å². The third kappa shape index (κ3) is 2.66. The standard InChI is InChI=1S/C27H20N2S/c1-2-29-24-10-6-5-9-21(24)22-17-18(11-15-25(22)29)12-16-26-28-23-14-13-19-7-3-4-8-20(19)27(23)30-26/h3-17H,2H2,1H3. The third-order valence-electron chi connectivity index (χ3n) is 5.83. The van der Waals surface area contributed by atoms with Gasteiger partial charge in [0.15, 0.2) is 0 Å². The van der Waals surface area contributed by atoms with Crippen molar-refractivity contribution < 1.29 is 0 Å². The van der Waals surface area contributed by atoms with Crippen molar-refractivity contribution in [3.63, 3.8) is 0 Å². The first-order chi connectivity index (χ1) is 14.8. The summed E-state index contributed by atoms with van der Waals surface area (Å²) in [6, 6.07) is 28.2. The highest BCUT2D eigenvalue weighted by Gasteiger charge is 2.09. The molecule has 0 saturated carbocycles. The van der Waals surface area contributed by atoms with Crippen LogP contribution in [0.2, 0.25) is 0 Å². The van der Waals surface area contributed by atoms with Crippen molar-refractivity contribution in [2.75, 3.05) is 0 Å². The zero-order valence-electron chi connectivity index (χ0n) is 16.7. The fourth-order valence-corrected chi connectivity index (χ4v) is 5.43. The summed E-state index contributed by atoms with van der Waals surface area (Å²) in [5.41, 5.74) is 4.86. The lowest BCUT2D eigenvalue weighted by Crippen LogP contribution is -1.92. The fraction of sp³-hybridized carbons (Fsp3) is 0.0741. The van der Waals surface area contributed by atoms with Crippen LogP contribution >= 0.6 is 11.3 Å². The van der Waals surface area contributed by atoms with Crippen LogP contribution in [0, 0.1) is 0 Å². The number of thiazole rings is 1. The van der Waals surface area contributed by atoms with Gasteiger partial charge in [-0.25, -0.2) is 4.98 Å². The highest BCUT2D eigenvalue weighted by Crippen LogP contribution is 2.32. The second-order valence-corrected chi connectivity index (χ2v) is 8.59. The Kier molecular flexibility index (Phi) is 3.96. The highest BCUT2D eigenvalue weighted by atomic mass is 32.1. The van der Waals surface area contributed by atoms with Crippen LogP contribution in [0.4, 0.5) is 0 Å². The Bertz CT molecular complexity index is 1580. The molecule has 30 heavy (non-hydrogen) atoms. The van der Waals surface area contributed by atoms with Crippen molar-refractivity contribution in [2.24, 2.45) is 0 Å². The Morgan fingerprint density at radius 2 is 1.60 bits per heavy atom. The van der Waals surface area contributed by atoms with Gasteiger partial charge in [-0.2, -0.15) is 0 Å². The van der Waals surface area contributed by atoms with Gasteiger partial charge in [0.25, 0.3) is 0 Å². The van der Waals surface area contributed by atoms with E-state index in [4.69, 9.17) is 4.98 Å². The van der Waals surface area contributed by atoms with Gasteiger partial charge < -0.3 is 4.57 Å². The van der Waals surface area contributed by atoms with Crippen LogP contribution < -0.4 is 0 Å². The van der Waals surface area contributed by atoms with Crippen LogP contribution in [0.1, 0.15) is 17.5 Å². The van der Waals surface area contributed by atoms with Crippen molar-refractivity contribution in [1.29, 1.82) is 0 Å². The summed E-state index contributed by atoms with van der Waals surface area (Å²) in [5, 5.41) is 6.21. The Morgan fingerprint density at radius 1 is 0.800 bits per heavy atom. The molecule has 0 amide bonds. The zero-order chi connectivity index (χ0) is 20.1. The summed E-state index contributed by atoms with van der Waals surface area (Å²) in [7, 11) is 0. The van der Waals surface area contributed by atoms with Crippen molar-refractivity contribution in [1.82, 2.24) is 9.55 Å². The largest absolute Gasteiger partial charge is 0.341 e. The molecule has 2 aromatic heterocycles. The average Bonchev–Trinajstić information content (AvgIpc) is 3.36. The summed E-state index contributed by atoms with van der Waals surface area (Å²) < 4.78 is 3.64. The molecular formula is C27H20N2S. The first kappa shape index (κ1) is 17.4. The first-order valence-corrected chi connectivity index (χ1v) is 11.1. The summed E-state index contributed by atoms with van der Waals surface area (Å²) in [6.07, 6.45) is 4.32. The summed E-state index contributed by atoms with van der Waals surface area (Å²) >= 11 is 1.76. The Balaban J connectivity index is 1.44. The molecule has 0 fully saturated rings. The number of hydrogen-bond acceptors (Lipinski definition) is 2. The van der Waals surface area contributed by atoms with Gasteiger partial charge in [-0.05, 0) is 48.2 Å². The van der Waals surface area contributed by atoms with E-state index in [1.54, 1.807) is 11.3 Å². The minimum Gasteiger partial charge on any atom is -0.341 e. The van der Waals surface area contributed by atoms with E-state index in [1.807, 2.05) is 0 Å². The number of aryl methyl sites for hydroxylation is 1. The normalized spacial score (nSPS) is 12.2. The lowest BCUT2D eigenvalue weighted by Gasteiger charge is -2.02. The van der Waals surface area contributed by atoms with Crippen LogP contribution in [-0.2, 0) is 6.54 Å². The maximum atomic E-state index is 4.84. The van der Waals surface area contributed by atoms with E-state index in [1.165, 1.54) is 42.8 Å². The third-order valence-corrected chi connectivity index (χ3v) is 6.90. The van der Waals surface area contributed by atoms with E-state index in [0.29, 0.717) is 0 Å². The quantitative estimate of drug-likeness (QED) is 0.295. The van der Waals surface area contributed by atoms with Gasteiger partial charge in [0.05, 0.1) is 10.2 Å². The molecule has 144 valence electrons. The Hall–Kier alpha value is -3.43. The lowest BCUT2D eigenvalue weighted by molar-refractivity contribution is 0.827. The molecule has 0 unspecified atom stereocenters. The topological polar surface area (TPSA) is 17.8 Å². The number of para-hydroxylation sites is 1. The molecule has 0 aliphatic rings. The predicted molar refractivity (Wildman–Crippen MR) is 131 cm³/mol. The second-order valence-electron chi connectivity index (χ2n) is 7.56. The van der Waals surface area contributed by atoms with Crippen molar-refractivity contribution in [3.05, 3.63) is 89.4 Å². The highest BCUT2D eigenvalue weighted by molar-refractivity contribution is 7.20. The van der Waals surface area contributed by atoms with Gasteiger partial charge in [0.2, 0.25) is 0 Å². The first-order valence-electron chi connectivity index (χ1n) is 10.3. The van der Waals surface area contributed by atoms with Gasteiger partial charge in [0, 0.05) is 33.7 Å². The molecule has 0 spiro atoms. The van der Waals surface area contributed by atoms with Crippen molar-refractivity contribution in [2.45, 2.75) is 13.5 Å². The monoisotopic (exact) mass is 404 g/mol. The van der Waals surface area contributed by atoms with Crippen molar-refractivity contribution >= 4 is 66.3 Å². The number of nitrogens with zero attached hydrogens (tertiary/aromatic N) is 2. The van der Waals surface area contributed by atoms with Gasteiger partial charge in [-0.3, -0.25) is 0 Å². The van der Waals surface area contributed by atoms with Crippen molar-refractivity contribution in [3.8, 4) is 0 Å². The molecule has 2 heterocycles. The zero-order valence-corrected chi connectivity index (χ0v) is 17.5. The SMILES string of the molecule is CCn1c2ccccc2c2cc(C=Cc3nc4ccc5ccccc5c4s3)ccc21. The van der Waals surface area contributed by atoms with Crippen LogP contribution in [0.15, 0.2) is 78.9 Å². The summed E-state index contributed by atoms with van der Waals surface area (Å²) in [4.78, 5) is 4.84. The van der Waals surface area contributed by atoms with E-state index in [9.17, 15) is 0 Å². The molecule has 3 heteroatoms. The van der Waals surface area contributed by atoms with E-state index in [2.05, 4.69) is 103 Å². The summed E-state index contributed by atoms with van der Waals surface area (Å²) in [6.45, 7) is 3.18. The molecule has 0 atom stereocenters. The molecule has 0 aliphatic carbocycles. The van der Waals surface area contributed by atoms with Crippen LogP contribution in [0.5, 0.6) is 0 Å². The van der Waals surface area contributed by atoms with Crippen LogP contribution in [0.25, 0.3) is 54.9 Å². The smallest absolute Gasteiger partial charge is 0.117 e. The van der Waals surface area contributed by atoms with Crippen LogP contribution in [0.3, 0.4) is 0 Å². The number of rotatable bonds is 3. The number of aromatic nitrogens is 2. The van der Waals surface area contributed by atoms with E-state index < -0.39 is 0 Å². The van der Waals surface area contributed by atoms with Gasteiger partial charge in [0.1, 0.15) is 5.01 Å². The Morgan fingerprint density at radius 3 is 2.50 bits per heavy atom. The second kappa shape index (κ2) is 6.82. The predicted octanol–water partition coefficient (Wildman–Crippen LogP) is 7.75. The molecule has 2 nitrogen and oxygen atoms in total. The molecule has 0 radical (unpaired) electrons. The average molecular weight is 405 g/mol. The molecule has 6 aromatic rings.